The smallest absolute Gasteiger partial charge is 0.177 e. The Bertz CT molecular complexity index is 834. The Morgan fingerprint density at radius 1 is 1.08 bits per heavy atom. The molecule has 1 aliphatic carbocycles. The predicted octanol–water partition coefficient (Wildman–Crippen LogP) is 2.40. The minimum atomic E-state index is -3.22. The second kappa shape index (κ2) is 5.88. The molecule has 1 aromatic heterocycles. The van der Waals surface area contributed by atoms with E-state index in [9.17, 15) is 8.42 Å². The first-order valence-electron chi connectivity index (χ1n) is 8.47. The maximum absolute atomic E-state index is 12.0. The van der Waals surface area contributed by atoms with Crippen LogP contribution in [-0.2, 0) is 9.84 Å². The maximum atomic E-state index is 12.0. The molecule has 6 nitrogen and oxygen atoms in total. The lowest BCUT2D eigenvalue weighted by atomic mass is 9.95. The zero-order valence-electron chi connectivity index (χ0n) is 13.8. The van der Waals surface area contributed by atoms with E-state index >= 15 is 0 Å². The van der Waals surface area contributed by atoms with Crippen LogP contribution in [0.1, 0.15) is 43.5 Å². The van der Waals surface area contributed by atoms with Gasteiger partial charge in [0, 0.05) is 31.3 Å². The van der Waals surface area contributed by atoms with Crippen molar-refractivity contribution >= 4 is 15.5 Å². The van der Waals surface area contributed by atoms with Crippen molar-refractivity contribution in [2.24, 2.45) is 0 Å². The van der Waals surface area contributed by atoms with Gasteiger partial charge in [0.25, 0.3) is 0 Å². The molecular formula is C17H22N4O2S. The fourth-order valence-corrected chi connectivity index (χ4v) is 4.49. The molecule has 2 fully saturated rings. The Kier molecular flexibility index (Phi) is 3.83. The molecule has 1 aromatic carbocycles. The summed E-state index contributed by atoms with van der Waals surface area (Å²) >= 11 is 0. The Hall–Kier alpha value is -1.89. The summed E-state index contributed by atoms with van der Waals surface area (Å²) in [5, 5.41) is 8.46. The highest BCUT2D eigenvalue weighted by Crippen LogP contribution is 2.39. The molecular weight excluding hydrogens is 324 g/mol. The number of nitrogens with zero attached hydrogens (tertiary/aromatic N) is 4. The number of rotatable bonds is 4. The third-order valence-corrected chi connectivity index (χ3v) is 6.15. The number of benzene rings is 1. The van der Waals surface area contributed by atoms with Crippen molar-refractivity contribution in [3.8, 4) is 0 Å². The molecule has 4 rings (SSSR count). The first kappa shape index (κ1) is 15.6. The van der Waals surface area contributed by atoms with E-state index in [-0.39, 0.29) is 0 Å². The summed E-state index contributed by atoms with van der Waals surface area (Å²) < 4.78 is 26.3. The van der Waals surface area contributed by atoms with Crippen molar-refractivity contribution < 1.29 is 8.42 Å². The van der Waals surface area contributed by atoms with Gasteiger partial charge in [-0.15, -0.1) is 10.2 Å². The normalized spacial score (nSPS) is 19.6. The number of piperidine rings is 1. The summed E-state index contributed by atoms with van der Waals surface area (Å²) in [4.78, 5) is 2.61. The highest BCUT2D eigenvalue weighted by Gasteiger charge is 2.31. The summed E-state index contributed by atoms with van der Waals surface area (Å²) in [6.45, 7) is 1.68. The molecule has 2 aliphatic rings. The minimum absolute atomic E-state index is 0.412. The monoisotopic (exact) mass is 346 g/mol. The fraction of sp³-hybridized carbons (Fsp3) is 0.529. The van der Waals surface area contributed by atoms with Gasteiger partial charge in [-0.1, -0.05) is 12.1 Å². The van der Waals surface area contributed by atoms with E-state index in [1.54, 1.807) is 12.1 Å². The standard InChI is InChI=1S/C17H22N4O2S/c1-24(22,23)16-5-3-2-4-15(16)20-10-8-13(9-11-20)17-19-18-12-21(17)14-6-7-14/h2-5,12-14H,6-11H2,1H3. The SMILES string of the molecule is CS(=O)(=O)c1ccccc1N1CCC(c2nncn2C2CC2)CC1. The van der Waals surface area contributed by atoms with E-state index in [4.69, 9.17) is 0 Å². The largest absolute Gasteiger partial charge is 0.370 e. The lowest BCUT2D eigenvalue weighted by Gasteiger charge is -2.34. The van der Waals surface area contributed by atoms with Crippen LogP contribution in [0.25, 0.3) is 0 Å². The molecule has 0 atom stereocenters. The summed E-state index contributed by atoms with van der Waals surface area (Å²) in [6, 6.07) is 7.88. The first-order valence-corrected chi connectivity index (χ1v) is 10.4. The van der Waals surface area contributed by atoms with Gasteiger partial charge in [0.2, 0.25) is 0 Å². The number of aromatic nitrogens is 3. The number of para-hydroxylation sites is 1. The van der Waals surface area contributed by atoms with Crippen LogP contribution < -0.4 is 4.90 Å². The van der Waals surface area contributed by atoms with Crippen LogP contribution in [0, 0.1) is 0 Å². The van der Waals surface area contributed by atoms with Crippen LogP contribution in [0.4, 0.5) is 5.69 Å². The molecule has 128 valence electrons. The summed E-state index contributed by atoms with van der Waals surface area (Å²) in [5.41, 5.74) is 0.821. The zero-order chi connectivity index (χ0) is 16.7. The molecule has 0 N–H and O–H groups in total. The van der Waals surface area contributed by atoms with Gasteiger partial charge in [0.05, 0.1) is 10.6 Å². The van der Waals surface area contributed by atoms with Gasteiger partial charge in [-0.2, -0.15) is 0 Å². The van der Waals surface area contributed by atoms with Crippen molar-refractivity contribution in [2.75, 3.05) is 24.2 Å². The number of anilines is 1. The van der Waals surface area contributed by atoms with Crippen LogP contribution in [-0.4, -0.2) is 42.5 Å². The van der Waals surface area contributed by atoms with Gasteiger partial charge < -0.3 is 9.47 Å². The maximum Gasteiger partial charge on any atom is 0.177 e. The molecule has 1 aliphatic heterocycles. The van der Waals surface area contributed by atoms with Crippen LogP contribution >= 0.6 is 0 Å². The molecule has 0 bridgehead atoms. The van der Waals surface area contributed by atoms with Crippen molar-refractivity contribution in [1.82, 2.24) is 14.8 Å². The fourth-order valence-electron chi connectivity index (χ4n) is 3.59. The molecule has 1 saturated heterocycles. The zero-order valence-corrected chi connectivity index (χ0v) is 14.6. The van der Waals surface area contributed by atoms with Crippen molar-refractivity contribution in [3.63, 3.8) is 0 Å². The van der Waals surface area contributed by atoms with E-state index in [0.29, 0.717) is 16.9 Å². The minimum Gasteiger partial charge on any atom is -0.370 e. The van der Waals surface area contributed by atoms with Crippen LogP contribution in [0.2, 0.25) is 0 Å². The molecule has 2 aromatic rings. The highest BCUT2D eigenvalue weighted by molar-refractivity contribution is 7.90. The Morgan fingerprint density at radius 3 is 2.46 bits per heavy atom. The van der Waals surface area contributed by atoms with Gasteiger partial charge in [-0.25, -0.2) is 8.42 Å². The van der Waals surface area contributed by atoms with E-state index in [2.05, 4.69) is 19.7 Å². The molecule has 0 radical (unpaired) electrons. The van der Waals surface area contributed by atoms with E-state index in [1.807, 2.05) is 18.5 Å². The topological polar surface area (TPSA) is 68.1 Å². The van der Waals surface area contributed by atoms with E-state index in [0.717, 1.165) is 37.4 Å². The lowest BCUT2D eigenvalue weighted by molar-refractivity contribution is 0.464. The third-order valence-electron chi connectivity index (χ3n) is 5.01. The van der Waals surface area contributed by atoms with Gasteiger partial charge >= 0.3 is 0 Å². The van der Waals surface area contributed by atoms with Crippen molar-refractivity contribution in [1.29, 1.82) is 0 Å². The van der Waals surface area contributed by atoms with Gasteiger partial charge in [0.15, 0.2) is 9.84 Å². The molecule has 24 heavy (non-hydrogen) atoms. The van der Waals surface area contributed by atoms with E-state index < -0.39 is 9.84 Å². The van der Waals surface area contributed by atoms with Crippen LogP contribution in [0.5, 0.6) is 0 Å². The second-order valence-corrected chi connectivity index (χ2v) is 8.81. The summed E-state index contributed by atoms with van der Waals surface area (Å²) in [6.07, 6.45) is 7.54. The molecule has 0 amide bonds. The predicted molar refractivity (Wildman–Crippen MR) is 92.0 cm³/mol. The van der Waals surface area contributed by atoms with Gasteiger partial charge in [-0.05, 0) is 37.8 Å². The average molecular weight is 346 g/mol. The third kappa shape index (κ3) is 2.92. The Morgan fingerprint density at radius 2 is 1.79 bits per heavy atom. The average Bonchev–Trinajstić information content (AvgIpc) is 3.31. The molecule has 7 heteroatoms. The number of hydrogen-bond acceptors (Lipinski definition) is 5. The van der Waals surface area contributed by atoms with E-state index in [1.165, 1.54) is 19.1 Å². The van der Waals surface area contributed by atoms with Gasteiger partial charge in [-0.3, -0.25) is 0 Å². The quantitative estimate of drug-likeness (QED) is 0.850. The van der Waals surface area contributed by atoms with Crippen LogP contribution in [0.3, 0.4) is 0 Å². The highest BCUT2D eigenvalue weighted by atomic mass is 32.2. The van der Waals surface area contributed by atoms with Gasteiger partial charge in [0.1, 0.15) is 12.2 Å². The molecule has 2 heterocycles. The first-order chi connectivity index (χ1) is 11.5. The lowest BCUT2D eigenvalue weighted by Crippen LogP contribution is -2.34. The Balaban J connectivity index is 1.52. The molecule has 1 saturated carbocycles. The van der Waals surface area contributed by atoms with Crippen molar-refractivity contribution in [3.05, 3.63) is 36.4 Å². The molecule has 0 unspecified atom stereocenters. The summed E-state index contributed by atoms with van der Waals surface area (Å²) in [7, 11) is -3.22. The van der Waals surface area contributed by atoms with Crippen LogP contribution in [0.15, 0.2) is 35.5 Å². The second-order valence-electron chi connectivity index (χ2n) is 6.83. The molecule has 0 spiro atoms. The van der Waals surface area contributed by atoms with Crippen molar-refractivity contribution in [2.45, 2.75) is 42.5 Å². The Labute approximate surface area is 142 Å². The number of hydrogen-bond donors (Lipinski definition) is 0. The number of sulfone groups is 1. The summed E-state index contributed by atoms with van der Waals surface area (Å²) in [5.74, 6) is 1.52.